The van der Waals surface area contributed by atoms with Crippen molar-refractivity contribution in [3.8, 4) is 11.6 Å². The first kappa shape index (κ1) is 13.3. The number of ether oxygens (including phenoxy) is 1. The molecule has 0 bridgehead atoms. The Morgan fingerprint density at radius 3 is 2.86 bits per heavy atom. The van der Waals surface area contributed by atoms with E-state index in [9.17, 15) is 0 Å². The highest BCUT2D eigenvalue weighted by Crippen LogP contribution is 2.31. The first-order valence-electron chi connectivity index (χ1n) is 6.83. The highest BCUT2D eigenvalue weighted by Gasteiger charge is 2.09. The van der Waals surface area contributed by atoms with Crippen LogP contribution in [0.2, 0.25) is 0 Å². The molecule has 0 spiro atoms. The van der Waals surface area contributed by atoms with Crippen molar-refractivity contribution in [2.45, 2.75) is 20.3 Å². The van der Waals surface area contributed by atoms with Crippen LogP contribution in [0.5, 0.6) is 11.6 Å². The molecule has 3 rings (SSSR count). The van der Waals surface area contributed by atoms with Crippen LogP contribution in [-0.4, -0.2) is 15.0 Å². The molecule has 0 amide bonds. The molecule has 0 unspecified atom stereocenters. The Kier molecular flexibility index (Phi) is 3.39. The van der Waals surface area contributed by atoms with Gasteiger partial charge in [-0.1, -0.05) is 6.92 Å². The fourth-order valence-corrected chi connectivity index (χ4v) is 2.20. The van der Waals surface area contributed by atoms with Gasteiger partial charge in [0.1, 0.15) is 11.3 Å². The van der Waals surface area contributed by atoms with Crippen molar-refractivity contribution in [2.75, 3.05) is 5.73 Å². The summed E-state index contributed by atoms with van der Waals surface area (Å²) in [4.78, 5) is 13.0. The van der Waals surface area contributed by atoms with E-state index in [1.807, 2.05) is 44.2 Å². The number of aryl methyl sites for hydroxylation is 2. The summed E-state index contributed by atoms with van der Waals surface area (Å²) in [6.07, 6.45) is 2.55. The molecular weight excluding hydrogens is 264 g/mol. The molecule has 5 nitrogen and oxygen atoms in total. The van der Waals surface area contributed by atoms with Gasteiger partial charge in [-0.15, -0.1) is 0 Å². The molecular formula is C16H16N4O. The number of hydrogen-bond donors (Lipinski definition) is 1. The van der Waals surface area contributed by atoms with Crippen LogP contribution in [-0.2, 0) is 6.42 Å². The van der Waals surface area contributed by atoms with E-state index in [0.29, 0.717) is 23.1 Å². The van der Waals surface area contributed by atoms with E-state index in [4.69, 9.17) is 10.5 Å². The Labute approximate surface area is 122 Å². The van der Waals surface area contributed by atoms with E-state index in [0.717, 1.165) is 23.0 Å². The predicted molar refractivity (Wildman–Crippen MR) is 82.4 cm³/mol. The minimum atomic E-state index is 0.524. The Hall–Kier alpha value is -2.69. The lowest BCUT2D eigenvalue weighted by atomic mass is 10.1. The smallest absolute Gasteiger partial charge is 0.222 e. The minimum absolute atomic E-state index is 0.524. The van der Waals surface area contributed by atoms with Crippen molar-refractivity contribution in [3.05, 3.63) is 48.0 Å². The second-order valence-corrected chi connectivity index (χ2v) is 4.75. The molecule has 0 aliphatic rings. The molecule has 0 saturated heterocycles. The average Bonchev–Trinajstić information content (AvgIpc) is 2.50. The van der Waals surface area contributed by atoms with Gasteiger partial charge in [-0.3, -0.25) is 4.98 Å². The van der Waals surface area contributed by atoms with Crippen molar-refractivity contribution in [1.29, 1.82) is 0 Å². The predicted octanol–water partition coefficient (Wildman–Crippen LogP) is 3.27. The van der Waals surface area contributed by atoms with E-state index >= 15 is 0 Å². The van der Waals surface area contributed by atoms with Crippen LogP contribution < -0.4 is 10.5 Å². The number of pyridine rings is 1. The van der Waals surface area contributed by atoms with Crippen molar-refractivity contribution in [1.82, 2.24) is 15.0 Å². The van der Waals surface area contributed by atoms with Gasteiger partial charge in [0.2, 0.25) is 5.88 Å². The number of hydrogen-bond acceptors (Lipinski definition) is 5. The third-order valence-corrected chi connectivity index (χ3v) is 3.21. The monoisotopic (exact) mass is 280 g/mol. The molecule has 1 aromatic carbocycles. The summed E-state index contributed by atoms with van der Waals surface area (Å²) >= 11 is 0. The first-order valence-corrected chi connectivity index (χ1v) is 6.83. The molecule has 0 atom stereocenters. The van der Waals surface area contributed by atoms with Gasteiger partial charge in [0.05, 0.1) is 0 Å². The first-order chi connectivity index (χ1) is 10.2. The summed E-state index contributed by atoms with van der Waals surface area (Å²) in [5.41, 5.74) is 8.32. The van der Waals surface area contributed by atoms with Crippen LogP contribution in [0.3, 0.4) is 0 Å². The summed E-state index contributed by atoms with van der Waals surface area (Å²) < 4.78 is 5.90. The van der Waals surface area contributed by atoms with Gasteiger partial charge in [-0.25, -0.2) is 4.98 Å². The van der Waals surface area contributed by atoms with Crippen LogP contribution in [0.25, 0.3) is 10.9 Å². The van der Waals surface area contributed by atoms with Crippen LogP contribution in [0.4, 0.5) is 5.69 Å². The number of benzene rings is 1. The van der Waals surface area contributed by atoms with Crippen molar-refractivity contribution < 1.29 is 4.74 Å². The second kappa shape index (κ2) is 5.36. The molecule has 0 aliphatic carbocycles. The zero-order chi connectivity index (χ0) is 14.8. The topological polar surface area (TPSA) is 73.9 Å². The van der Waals surface area contributed by atoms with Gasteiger partial charge in [0.25, 0.3) is 0 Å². The van der Waals surface area contributed by atoms with Gasteiger partial charge in [-0.05, 0) is 37.6 Å². The number of aromatic nitrogens is 3. The number of fused-ring (bicyclic) bond motifs is 1. The summed E-state index contributed by atoms with van der Waals surface area (Å²) in [5, 5.41) is 0.872. The van der Waals surface area contributed by atoms with Crippen molar-refractivity contribution in [3.63, 3.8) is 0 Å². The standard InChI is InChI=1S/C16H16N4O/c1-3-11-9-15(20-10(2)19-11)21-14-7-6-13(17)12-5-4-8-18-16(12)14/h4-9H,3,17H2,1-2H3. The van der Waals surface area contributed by atoms with Crippen LogP contribution >= 0.6 is 0 Å². The molecule has 0 fully saturated rings. The number of rotatable bonds is 3. The lowest BCUT2D eigenvalue weighted by Crippen LogP contribution is -1.98. The van der Waals surface area contributed by atoms with Gasteiger partial charge in [0, 0.05) is 29.0 Å². The summed E-state index contributed by atoms with van der Waals surface area (Å²) in [7, 11) is 0. The molecule has 21 heavy (non-hydrogen) atoms. The average molecular weight is 280 g/mol. The Balaban J connectivity index is 2.06. The lowest BCUT2D eigenvalue weighted by Gasteiger charge is -2.10. The molecule has 0 saturated carbocycles. The molecule has 2 heterocycles. The van der Waals surface area contributed by atoms with Gasteiger partial charge in [-0.2, -0.15) is 4.98 Å². The van der Waals surface area contributed by atoms with Crippen LogP contribution in [0, 0.1) is 6.92 Å². The maximum Gasteiger partial charge on any atom is 0.222 e. The Morgan fingerprint density at radius 2 is 2.05 bits per heavy atom. The molecule has 3 aromatic rings. The highest BCUT2D eigenvalue weighted by molar-refractivity contribution is 5.94. The maximum absolute atomic E-state index is 5.97. The normalized spacial score (nSPS) is 10.8. The van der Waals surface area contributed by atoms with Gasteiger partial charge in [0.15, 0.2) is 5.75 Å². The van der Waals surface area contributed by atoms with Crippen LogP contribution in [0.1, 0.15) is 18.4 Å². The fourth-order valence-electron chi connectivity index (χ4n) is 2.20. The summed E-state index contributed by atoms with van der Waals surface area (Å²) in [5.74, 6) is 1.85. The largest absolute Gasteiger partial charge is 0.437 e. The number of nitrogen functional groups attached to an aromatic ring is 1. The maximum atomic E-state index is 5.97. The third-order valence-electron chi connectivity index (χ3n) is 3.21. The lowest BCUT2D eigenvalue weighted by molar-refractivity contribution is 0.462. The van der Waals surface area contributed by atoms with E-state index in [-0.39, 0.29) is 0 Å². The Bertz CT molecular complexity index is 801. The zero-order valence-electron chi connectivity index (χ0n) is 12.0. The Morgan fingerprint density at radius 1 is 1.19 bits per heavy atom. The highest BCUT2D eigenvalue weighted by atomic mass is 16.5. The number of nitrogens with zero attached hydrogens (tertiary/aromatic N) is 3. The zero-order valence-corrected chi connectivity index (χ0v) is 12.0. The molecule has 5 heteroatoms. The van der Waals surface area contributed by atoms with E-state index in [2.05, 4.69) is 15.0 Å². The molecule has 2 N–H and O–H groups in total. The SMILES string of the molecule is CCc1cc(Oc2ccc(N)c3cccnc23)nc(C)n1. The van der Waals surface area contributed by atoms with Crippen LogP contribution in [0.15, 0.2) is 36.5 Å². The molecule has 106 valence electrons. The molecule has 0 aliphatic heterocycles. The second-order valence-electron chi connectivity index (χ2n) is 4.75. The number of anilines is 1. The van der Waals surface area contributed by atoms with Crippen molar-refractivity contribution in [2.24, 2.45) is 0 Å². The van der Waals surface area contributed by atoms with E-state index < -0.39 is 0 Å². The summed E-state index contributed by atoms with van der Waals surface area (Å²) in [6, 6.07) is 9.25. The van der Waals surface area contributed by atoms with Gasteiger partial charge < -0.3 is 10.5 Å². The van der Waals surface area contributed by atoms with E-state index in [1.54, 1.807) is 6.20 Å². The fraction of sp³-hybridized carbons (Fsp3) is 0.188. The minimum Gasteiger partial charge on any atom is -0.437 e. The number of nitrogens with two attached hydrogens (primary N) is 1. The van der Waals surface area contributed by atoms with E-state index in [1.165, 1.54) is 0 Å². The summed E-state index contributed by atoms with van der Waals surface area (Å²) in [6.45, 7) is 3.90. The third kappa shape index (κ3) is 2.63. The molecule has 0 radical (unpaired) electrons. The quantitative estimate of drug-likeness (QED) is 0.745. The molecule has 2 aromatic heterocycles. The van der Waals surface area contributed by atoms with Crippen molar-refractivity contribution >= 4 is 16.6 Å². The van der Waals surface area contributed by atoms with Gasteiger partial charge >= 0.3 is 0 Å².